The van der Waals surface area contributed by atoms with E-state index in [1.807, 2.05) is 0 Å². The van der Waals surface area contributed by atoms with Gasteiger partial charge in [0.25, 0.3) is 0 Å². The number of hydrogen-bond donors (Lipinski definition) is 5. The van der Waals surface area contributed by atoms with E-state index in [1.54, 1.807) is 0 Å². The molecule has 2 aliphatic carbocycles. The molecule has 0 bridgehead atoms. The molecule has 2 aliphatic rings. The third-order valence-corrected chi connectivity index (χ3v) is 3.98. The van der Waals surface area contributed by atoms with Crippen molar-refractivity contribution in [1.29, 1.82) is 0 Å². The van der Waals surface area contributed by atoms with Gasteiger partial charge in [0.2, 0.25) is 11.8 Å². The number of carboxylic acids is 1. The molecule has 2 amide bonds. The lowest BCUT2D eigenvalue weighted by atomic mass is 9.91. The lowest BCUT2D eigenvalue weighted by Crippen LogP contribution is -2.59. The minimum Gasteiger partial charge on any atom is -0.479 e. The van der Waals surface area contributed by atoms with Gasteiger partial charge in [-0.25, -0.2) is 4.79 Å². The van der Waals surface area contributed by atoms with Crippen LogP contribution >= 0.6 is 12.4 Å². The average molecular weight is 352 g/mol. The predicted molar refractivity (Wildman–Crippen MR) is 74.8 cm³/mol. The molecule has 0 aliphatic heterocycles. The molecule has 23 heavy (non-hydrogen) atoms. The summed E-state index contributed by atoms with van der Waals surface area (Å²) >= 11 is 0. The number of nitrogens with two attached hydrogens (primary N) is 2. The number of aliphatic carboxylic acids is 1. The van der Waals surface area contributed by atoms with E-state index in [4.69, 9.17) is 21.1 Å². The van der Waals surface area contributed by atoms with Gasteiger partial charge in [0.05, 0.1) is 18.6 Å². The van der Waals surface area contributed by atoms with Crippen molar-refractivity contribution in [3.63, 3.8) is 0 Å². The highest BCUT2D eigenvalue weighted by Gasteiger charge is 2.67. The SMILES string of the molecule is Cl.NC(=O)C[C@H](N)C(=O)N[C@@]1(C(=O)O)C[C@H](O)[C@H]2C[C@H]21.O=C=O. The molecule has 7 N–H and O–H groups in total. The molecule has 0 aromatic carbocycles. The smallest absolute Gasteiger partial charge is 0.373 e. The molecular weight excluding hydrogens is 334 g/mol. The van der Waals surface area contributed by atoms with Gasteiger partial charge in [0.1, 0.15) is 5.54 Å². The molecule has 10 nitrogen and oxygen atoms in total. The standard InChI is InChI=1S/C11H17N3O5.CO2.ClH/c12-6(2-8(13)16)9(17)14-11(10(18)19)3-7(15)4-1-5(4)11;2-1-3;/h4-7,15H,1-3,12H2,(H2,13,16)(H,14,17)(H,18,19);;1H/t4-,5+,6-,7-,11-;;/m0../s1. The Morgan fingerprint density at radius 3 is 2.17 bits per heavy atom. The fourth-order valence-corrected chi connectivity index (χ4v) is 2.90. The molecule has 130 valence electrons. The van der Waals surface area contributed by atoms with E-state index in [0.29, 0.717) is 6.42 Å². The largest absolute Gasteiger partial charge is 0.479 e. The van der Waals surface area contributed by atoms with Crippen molar-refractivity contribution in [2.45, 2.75) is 36.9 Å². The van der Waals surface area contributed by atoms with Crippen molar-refractivity contribution in [3.8, 4) is 0 Å². The quantitative estimate of drug-likeness (QED) is 0.355. The van der Waals surface area contributed by atoms with Crippen LogP contribution in [0, 0.1) is 11.8 Å². The van der Waals surface area contributed by atoms with Crippen molar-refractivity contribution in [2.24, 2.45) is 23.3 Å². The Labute approximate surface area is 137 Å². The van der Waals surface area contributed by atoms with Gasteiger partial charge in [-0.3, -0.25) is 9.59 Å². The fraction of sp³-hybridized carbons (Fsp3) is 0.667. The maximum Gasteiger partial charge on any atom is 0.373 e. The number of halogens is 1. The summed E-state index contributed by atoms with van der Waals surface area (Å²) in [4.78, 5) is 50.2. The van der Waals surface area contributed by atoms with E-state index in [0.717, 1.165) is 0 Å². The Bertz CT molecular complexity index is 523. The van der Waals surface area contributed by atoms with E-state index in [1.165, 1.54) is 0 Å². The van der Waals surface area contributed by atoms with Crippen LogP contribution in [0.2, 0.25) is 0 Å². The number of fused-ring (bicyclic) bond motifs is 1. The molecule has 0 heterocycles. The summed E-state index contributed by atoms with van der Waals surface area (Å²) in [6.45, 7) is 0. The summed E-state index contributed by atoms with van der Waals surface area (Å²) in [5.41, 5.74) is 8.94. The molecule has 0 aromatic heterocycles. The van der Waals surface area contributed by atoms with E-state index in [-0.39, 0.29) is 43.2 Å². The Balaban J connectivity index is 0.00000112. The molecule has 0 unspecified atom stereocenters. The third kappa shape index (κ3) is 4.49. The van der Waals surface area contributed by atoms with Crippen LogP contribution < -0.4 is 16.8 Å². The average Bonchev–Trinajstić information content (AvgIpc) is 3.13. The number of carbonyl (C=O) groups excluding carboxylic acids is 4. The highest BCUT2D eigenvalue weighted by Crippen LogP contribution is 2.57. The lowest BCUT2D eigenvalue weighted by Gasteiger charge is -2.29. The second kappa shape index (κ2) is 8.02. The van der Waals surface area contributed by atoms with Crippen LogP contribution in [0.4, 0.5) is 0 Å². The number of amides is 2. The zero-order chi connectivity index (χ0) is 17.1. The first kappa shape index (κ1) is 21.0. The molecule has 0 radical (unpaired) electrons. The van der Waals surface area contributed by atoms with Crippen LogP contribution in [0.1, 0.15) is 19.3 Å². The van der Waals surface area contributed by atoms with Crippen LogP contribution in [-0.4, -0.2) is 51.8 Å². The molecule has 0 spiro atoms. The number of primary amides is 1. The van der Waals surface area contributed by atoms with Crippen LogP contribution in [0.3, 0.4) is 0 Å². The summed E-state index contributed by atoms with van der Waals surface area (Å²) in [5.74, 6) is -3.01. The van der Waals surface area contributed by atoms with Gasteiger partial charge in [0.15, 0.2) is 0 Å². The van der Waals surface area contributed by atoms with Crippen molar-refractivity contribution in [2.75, 3.05) is 0 Å². The molecule has 2 saturated carbocycles. The van der Waals surface area contributed by atoms with Crippen LogP contribution in [0.15, 0.2) is 0 Å². The summed E-state index contributed by atoms with van der Waals surface area (Å²) < 4.78 is 0. The van der Waals surface area contributed by atoms with Crippen molar-refractivity contribution in [1.82, 2.24) is 5.32 Å². The van der Waals surface area contributed by atoms with Crippen molar-refractivity contribution >= 4 is 36.3 Å². The third-order valence-electron chi connectivity index (χ3n) is 3.98. The van der Waals surface area contributed by atoms with Gasteiger partial charge < -0.3 is 27.0 Å². The van der Waals surface area contributed by atoms with Gasteiger partial charge in [-0.05, 0) is 18.3 Å². The number of nitrogens with one attached hydrogen (secondary N) is 1. The highest BCUT2D eigenvalue weighted by atomic mass is 35.5. The molecule has 2 rings (SSSR count). The molecule has 2 fully saturated rings. The van der Waals surface area contributed by atoms with E-state index in [2.05, 4.69) is 5.32 Å². The molecule has 0 aromatic rings. The van der Waals surface area contributed by atoms with Gasteiger partial charge >= 0.3 is 12.1 Å². The zero-order valence-corrected chi connectivity index (χ0v) is 12.7. The van der Waals surface area contributed by atoms with Crippen LogP contribution in [0.25, 0.3) is 0 Å². The summed E-state index contributed by atoms with van der Waals surface area (Å²) in [6.07, 6.45) is -0.294. The van der Waals surface area contributed by atoms with Gasteiger partial charge in [0, 0.05) is 6.42 Å². The summed E-state index contributed by atoms with van der Waals surface area (Å²) in [6, 6.07) is -1.18. The predicted octanol–water partition coefficient (Wildman–Crippen LogP) is -2.63. The van der Waals surface area contributed by atoms with Crippen molar-refractivity contribution in [3.05, 3.63) is 0 Å². The maximum atomic E-state index is 11.8. The molecule has 5 atom stereocenters. The van der Waals surface area contributed by atoms with Crippen LogP contribution in [0.5, 0.6) is 0 Å². The fourth-order valence-electron chi connectivity index (χ4n) is 2.90. The first-order chi connectivity index (χ1) is 10.2. The number of carboxylic acid groups (broad SMARTS) is 1. The Morgan fingerprint density at radius 2 is 1.87 bits per heavy atom. The van der Waals surface area contributed by atoms with E-state index < -0.39 is 35.5 Å². The number of rotatable bonds is 5. The highest BCUT2D eigenvalue weighted by molar-refractivity contribution is 5.93. The second-order valence-electron chi connectivity index (χ2n) is 5.40. The van der Waals surface area contributed by atoms with Gasteiger partial charge in [-0.1, -0.05) is 0 Å². The Kier molecular flexibility index (Phi) is 7.32. The summed E-state index contributed by atoms with van der Waals surface area (Å²) in [5, 5.41) is 21.4. The Morgan fingerprint density at radius 1 is 1.35 bits per heavy atom. The second-order valence-corrected chi connectivity index (χ2v) is 5.40. The first-order valence-corrected chi connectivity index (χ1v) is 6.46. The summed E-state index contributed by atoms with van der Waals surface area (Å²) in [7, 11) is 0. The normalized spacial score (nSPS) is 31.1. The van der Waals surface area contributed by atoms with Crippen LogP contribution in [-0.2, 0) is 24.0 Å². The van der Waals surface area contributed by atoms with E-state index >= 15 is 0 Å². The first-order valence-electron chi connectivity index (χ1n) is 6.46. The van der Waals surface area contributed by atoms with Gasteiger partial charge in [-0.15, -0.1) is 12.4 Å². The lowest BCUT2D eigenvalue weighted by molar-refractivity contribution is -0.191. The zero-order valence-electron chi connectivity index (χ0n) is 11.9. The number of aliphatic hydroxyl groups excluding tert-OH is 1. The van der Waals surface area contributed by atoms with Gasteiger partial charge in [-0.2, -0.15) is 9.59 Å². The number of carbonyl (C=O) groups is 3. The molecule has 11 heteroatoms. The Hall–Kier alpha value is -2.00. The minimum atomic E-state index is -1.48. The number of hydrogen-bond acceptors (Lipinski definition) is 7. The monoisotopic (exact) mass is 351 g/mol. The molecule has 0 saturated heterocycles. The van der Waals surface area contributed by atoms with Crippen molar-refractivity contribution < 1.29 is 34.2 Å². The van der Waals surface area contributed by atoms with E-state index in [9.17, 15) is 24.6 Å². The topological polar surface area (TPSA) is 190 Å². The number of aliphatic hydroxyl groups is 1. The molecular formula is C12H18ClN3O7. The maximum absolute atomic E-state index is 11.8. The minimum absolute atomic E-state index is 0.